The number of rotatable bonds is 3. The first-order valence-electron chi connectivity index (χ1n) is 7.57. The first-order valence-corrected chi connectivity index (χ1v) is 7.57. The maximum absolute atomic E-state index is 10.9. The summed E-state index contributed by atoms with van der Waals surface area (Å²) in [7, 11) is 0. The monoisotopic (exact) mass is 277 g/mol. The van der Waals surface area contributed by atoms with Gasteiger partial charge in [0.15, 0.2) is 11.5 Å². The first kappa shape index (κ1) is 13.7. The molecule has 0 saturated heterocycles. The predicted octanol–water partition coefficient (Wildman–Crippen LogP) is 2.20. The van der Waals surface area contributed by atoms with Crippen molar-refractivity contribution in [3.63, 3.8) is 0 Å². The lowest BCUT2D eigenvalue weighted by atomic mass is 9.77. The molecule has 1 saturated carbocycles. The Labute approximate surface area is 120 Å². The van der Waals surface area contributed by atoms with Crippen LogP contribution in [0, 0.1) is 0 Å². The summed E-state index contributed by atoms with van der Waals surface area (Å²) >= 11 is 0. The average Bonchev–Trinajstić information content (AvgIpc) is 2.49. The van der Waals surface area contributed by atoms with Gasteiger partial charge in [0.2, 0.25) is 0 Å². The second kappa shape index (κ2) is 5.62. The van der Waals surface area contributed by atoms with E-state index >= 15 is 0 Å². The van der Waals surface area contributed by atoms with E-state index in [2.05, 4.69) is 12.2 Å². The van der Waals surface area contributed by atoms with E-state index < -0.39 is 5.60 Å². The molecule has 0 bridgehead atoms. The fourth-order valence-corrected chi connectivity index (χ4v) is 3.21. The van der Waals surface area contributed by atoms with Gasteiger partial charge in [-0.2, -0.15) is 0 Å². The second-order valence-corrected chi connectivity index (χ2v) is 5.72. The van der Waals surface area contributed by atoms with Crippen LogP contribution in [0.3, 0.4) is 0 Å². The van der Waals surface area contributed by atoms with Crippen LogP contribution in [-0.2, 0) is 5.60 Å². The summed E-state index contributed by atoms with van der Waals surface area (Å²) in [6.45, 7) is 4.30. The molecule has 2 aliphatic rings. The SMILES string of the molecule is CCNC1CCC(O)(c2ccc3c(c2)OCCO3)CC1. The molecule has 0 radical (unpaired) electrons. The molecule has 4 heteroatoms. The van der Waals surface area contributed by atoms with Gasteiger partial charge in [-0.25, -0.2) is 0 Å². The molecule has 0 spiro atoms. The zero-order valence-electron chi connectivity index (χ0n) is 12.0. The van der Waals surface area contributed by atoms with Crippen LogP contribution in [-0.4, -0.2) is 30.9 Å². The van der Waals surface area contributed by atoms with Gasteiger partial charge < -0.3 is 19.9 Å². The zero-order valence-corrected chi connectivity index (χ0v) is 12.0. The molecule has 1 aliphatic heterocycles. The van der Waals surface area contributed by atoms with Crippen molar-refractivity contribution in [1.82, 2.24) is 5.32 Å². The van der Waals surface area contributed by atoms with Crippen LogP contribution in [0.25, 0.3) is 0 Å². The summed E-state index contributed by atoms with van der Waals surface area (Å²) in [5.41, 5.74) is 0.235. The maximum atomic E-state index is 10.9. The highest BCUT2D eigenvalue weighted by Crippen LogP contribution is 2.41. The van der Waals surface area contributed by atoms with Gasteiger partial charge in [-0.05, 0) is 49.9 Å². The third kappa shape index (κ3) is 2.63. The molecule has 1 heterocycles. The lowest BCUT2D eigenvalue weighted by Crippen LogP contribution is -2.39. The molecule has 3 rings (SSSR count). The van der Waals surface area contributed by atoms with Crippen molar-refractivity contribution in [3.8, 4) is 11.5 Å². The van der Waals surface area contributed by atoms with Gasteiger partial charge >= 0.3 is 0 Å². The molecule has 0 aromatic heterocycles. The van der Waals surface area contributed by atoms with E-state index in [4.69, 9.17) is 9.47 Å². The molecular weight excluding hydrogens is 254 g/mol. The summed E-state index contributed by atoms with van der Waals surface area (Å²) < 4.78 is 11.1. The molecular formula is C16H23NO3. The number of nitrogens with one attached hydrogen (secondary N) is 1. The molecule has 0 amide bonds. The van der Waals surface area contributed by atoms with Crippen LogP contribution in [0.2, 0.25) is 0 Å². The molecule has 4 nitrogen and oxygen atoms in total. The standard InChI is InChI=1S/C16H23NO3/c1-2-17-13-5-7-16(18,8-6-13)12-3-4-14-15(11-12)20-10-9-19-14/h3-4,11,13,17-18H,2,5-10H2,1H3. The van der Waals surface area contributed by atoms with E-state index in [0.29, 0.717) is 19.3 Å². The van der Waals surface area contributed by atoms with Crippen molar-refractivity contribution >= 4 is 0 Å². The van der Waals surface area contributed by atoms with Gasteiger partial charge in [-0.15, -0.1) is 0 Å². The molecule has 1 fully saturated rings. The highest BCUT2D eigenvalue weighted by Gasteiger charge is 2.35. The van der Waals surface area contributed by atoms with Crippen LogP contribution < -0.4 is 14.8 Å². The van der Waals surface area contributed by atoms with Crippen molar-refractivity contribution < 1.29 is 14.6 Å². The Balaban J connectivity index is 1.75. The number of benzene rings is 1. The Kier molecular flexibility index (Phi) is 3.85. The number of ether oxygens (including phenoxy) is 2. The number of hydrogen-bond acceptors (Lipinski definition) is 4. The molecule has 1 aromatic rings. The second-order valence-electron chi connectivity index (χ2n) is 5.72. The van der Waals surface area contributed by atoms with E-state index in [9.17, 15) is 5.11 Å². The van der Waals surface area contributed by atoms with Crippen LogP contribution in [0.4, 0.5) is 0 Å². The minimum absolute atomic E-state index is 0.539. The van der Waals surface area contributed by atoms with Gasteiger partial charge in [0.1, 0.15) is 13.2 Å². The van der Waals surface area contributed by atoms with Crippen molar-refractivity contribution in [3.05, 3.63) is 23.8 Å². The number of fused-ring (bicyclic) bond motifs is 1. The van der Waals surface area contributed by atoms with E-state index in [1.807, 2.05) is 18.2 Å². The smallest absolute Gasteiger partial charge is 0.161 e. The third-order valence-corrected chi connectivity index (χ3v) is 4.39. The predicted molar refractivity (Wildman–Crippen MR) is 77.3 cm³/mol. The molecule has 110 valence electrons. The van der Waals surface area contributed by atoms with Gasteiger partial charge in [0.25, 0.3) is 0 Å². The molecule has 20 heavy (non-hydrogen) atoms. The molecule has 0 atom stereocenters. The summed E-state index contributed by atoms with van der Waals surface area (Å²) in [5, 5.41) is 14.4. The van der Waals surface area contributed by atoms with Gasteiger partial charge in [-0.3, -0.25) is 0 Å². The lowest BCUT2D eigenvalue weighted by Gasteiger charge is -2.37. The minimum atomic E-state index is -0.720. The van der Waals surface area contributed by atoms with Crippen LogP contribution in [0.5, 0.6) is 11.5 Å². The Morgan fingerprint density at radius 3 is 2.60 bits per heavy atom. The Hall–Kier alpha value is -1.26. The summed E-state index contributed by atoms with van der Waals surface area (Å²) in [6, 6.07) is 6.37. The highest BCUT2D eigenvalue weighted by molar-refractivity contribution is 5.45. The summed E-state index contributed by atoms with van der Waals surface area (Å²) in [5.74, 6) is 1.54. The first-order chi connectivity index (χ1) is 9.71. The van der Waals surface area contributed by atoms with Gasteiger partial charge in [0.05, 0.1) is 5.60 Å². The summed E-state index contributed by atoms with van der Waals surface area (Å²) in [6.07, 6.45) is 3.62. The van der Waals surface area contributed by atoms with Crippen molar-refractivity contribution in [2.45, 2.75) is 44.2 Å². The number of hydrogen-bond donors (Lipinski definition) is 2. The van der Waals surface area contributed by atoms with Crippen molar-refractivity contribution in [2.24, 2.45) is 0 Å². The third-order valence-electron chi connectivity index (χ3n) is 4.39. The Morgan fingerprint density at radius 1 is 1.20 bits per heavy atom. The fraction of sp³-hybridized carbons (Fsp3) is 0.625. The summed E-state index contributed by atoms with van der Waals surface area (Å²) in [4.78, 5) is 0. The largest absolute Gasteiger partial charge is 0.486 e. The maximum Gasteiger partial charge on any atom is 0.161 e. The topological polar surface area (TPSA) is 50.7 Å². The van der Waals surface area contributed by atoms with Crippen molar-refractivity contribution in [1.29, 1.82) is 0 Å². The zero-order chi connectivity index (χ0) is 14.0. The van der Waals surface area contributed by atoms with E-state index in [1.165, 1.54) is 0 Å². The lowest BCUT2D eigenvalue weighted by molar-refractivity contribution is -0.00852. The van der Waals surface area contributed by atoms with E-state index in [-0.39, 0.29) is 0 Å². The highest BCUT2D eigenvalue weighted by atomic mass is 16.6. The van der Waals surface area contributed by atoms with E-state index in [0.717, 1.165) is 49.3 Å². The van der Waals surface area contributed by atoms with Gasteiger partial charge in [-0.1, -0.05) is 13.0 Å². The normalized spacial score (nSPS) is 29.2. The van der Waals surface area contributed by atoms with Crippen LogP contribution in [0.1, 0.15) is 38.2 Å². The van der Waals surface area contributed by atoms with E-state index in [1.54, 1.807) is 0 Å². The van der Waals surface area contributed by atoms with Crippen LogP contribution >= 0.6 is 0 Å². The molecule has 2 N–H and O–H groups in total. The Morgan fingerprint density at radius 2 is 1.90 bits per heavy atom. The molecule has 0 unspecified atom stereocenters. The quantitative estimate of drug-likeness (QED) is 0.889. The minimum Gasteiger partial charge on any atom is -0.486 e. The van der Waals surface area contributed by atoms with Gasteiger partial charge in [0, 0.05) is 6.04 Å². The number of aliphatic hydroxyl groups is 1. The molecule has 1 aromatic carbocycles. The average molecular weight is 277 g/mol. The Bertz CT molecular complexity index is 467. The fourth-order valence-electron chi connectivity index (χ4n) is 3.21. The van der Waals surface area contributed by atoms with Crippen LogP contribution in [0.15, 0.2) is 18.2 Å². The molecule has 1 aliphatic carbocycles. The van der Waals surface area contributed by atoms with Crippen molar-refractivity contribution in [2.75, 3.05) is 19.8 Å².